The molecule has 27 heavy (non-hydrogen) atoms. The average Bonchev–Trinajstić information content (AvgIpc) is 3.24. The van der Waals surface area contributed by atoms with Gasteiger partial charge in [0.15, 0.2) is 0 Å². The Balaban J connectivity index is -0.000000289. The van der Waals surface area contributed by atoms with Crippen LogP contribution in [0.5, 0.6) is 0 Å². The first-order chi connectivity index (χ1) is 12.2. The van der Waals surface area contributed by atoms with Crippen molar-refractivity contribution in [3.05, 3.63) is 38.1 Å². The molecule has 2 aliphatic rings. The summed E-state index contributed by atoms with van der Waals surface area (Å²) in [7, 11) is 4.04. The SMILES string of the molecule is CCC(C)O.CCC(C)O.CCN1C=CN(C)[CH-]1.CCN1C=CN(C)[CH-]1.[Mn+2]. The molecule has 0 saturated heterocycles. The Hall–Kier alpha value is -0.881. The van der Waals surface area contributed by atoms with Crippen LogP contribution in [0.15, 0.2) is 24.8 Å². The Morgan fingerprint density at radius 3 is 1.04 bits per heavy atom. The second kappa shape index (κ2) is 19.9. The van der Waals surface area contributed by atoms with Crippen molar-refractivity contribution >= 4 is 0 Å². The largest absolute Gasteiger partial charge is 2.00 e. The fourth-order valence-electron chi connectivity index (χ4n) is 1.38. The van der Waals surface area contributed by atoms with E-state index >= 15 is 0 Å². The van der Waals surface area contributed by atoms with Crippen molar-refractivity contribution in [2.24, 2.45) is 0 Å². The van der Waals surface area contributed by atoms with Gasteiger partial charge in [-0.25, -0.2) is 0 Å². The zero-order chi connectivity index (χ0) is 20.5. The van der Waals surface area contributed by atoms with Crippen LogP contribution in [0, 0.1) is 13.3 Å². The van der Waals surface area contributed by atoms with Gasteiger partial charge in [-0.05, 0) is 78.7 Å². The second-order valence-electron chi connectivity index (χ2n) is 6.33. The third kappa shape index (κ3) is 21.3. The van der Waals surface area contributed by atoms with Crippen LogP contribution in [-0.4, -0.2) is 69.2 Å². The quantitative estimate of drug-likeness (QED) is 0.533. The third-order valence-electron chi connectivity index (χ3n) is 3.56. The van der Waals surface area contributed by atoms with Crippen LogP contribution in [0.25, 0.3) is 0 Å². The molecule has 2 N–H and O–H groups in total. The van der Waals surface area contributed by atoms with E-state index in [0.717, 1.165) is 25.9 Å². The van der Waals surface area contributed by atoms with Gasteiger partial charge in [0.2, 0.25) is 0 Å². The number of nitrogens with zero attached hydrogens (tertiary/aromatic N) is 4. The van der Waals surface area contributed by atoms with Crippen molar-refractivity contribution in [2.75, 3.05) is 27.2 Å². The minimum absolute atomic E-state index is 0. The van der Waals surface area contributed by atoms with Crippen molar-refractivity contribution in [2.45, 2.75) is 66.6 Å². The maximum atomic E-state index is 8.36. The summed E-state index contributed by atoms with van der Waals surface area (Å²) in [6.45, 7) is 17.9. The summed E-state index contributed by atoms with van der Waals surface area (Å²) in [5.74, 6) is 0. The molecule has 6 nitrogen and oxygen atoms in total. The first-order valence-corrected chi connectivity index (χ1v) is 9.58. The Kier molecular flexibility index (Phi) is 22.7. The summed E-state index contributed by atoms with van der Waals surface area (Å²) in [5, 5.41) is 16.7. The Morgan fingerprint density at radius 2 is 0.963 bits per heavy atom. The molecule has 0 fully saturated rings. The number of aliphatic hydroxyl groups is 2. The molecule has 0 saturated carbocycles. The first kappa shape index (κ1) is 30.8. The van der Waals surface area contributed by atoms with Gasteiger partial charge in [-0.2, -0.15) is 13.3 Å². The molecule has 0 amide bonds. The molecular weight excluding hydrogens is 383 g/mol. The van der Waals surface area contributed by atoms with E-state index in [1.807, 2.05) is 50.1 Å². The predicted octanol–water partition coefficient (Wildman–Crippen LogP) is 3.24. The predicted molar refractivity (Wildman–Crippen MR) is 111 cm³/mol. The van der Waals surface area contributed by atoms with Crippen LogP contribution in [0.1, 0.15) is 54.4 Å². The molecule has 0 aliphatic carbocycles. The summed E-state index contributed by atoms with van der Waals surface area (Å²) in [6, 6.07) is 0. The third-order valence-corrected chi connectivity index (χ3v) is 3.56. The topological polar surface area (TPSA) is 53.4 Å². The average molecular weight is 426 g/mol. The molecule has 161 valence electrons. The normalized spacial score (nSPS) is 16.4. The summed E-state index contributed by atoms with van der Waals surface area (Å²) < 4.78 is 0. The molecule has 0 aromatic heterocycles. The van der Waals surface area contributed by atoms with Crippen LogP contribution in [-0.2, 0) is 17.1 Å². The minimum Gasteiger partial charge on any atom is -0.511 e. The number of aliphatic hydroxyl groups excluding tert-OH is 2. The van der Waals surface area contributed by atoms with Gasteiger partial charge in [0, 0.05) is 0 Å². The summed E-state index contributed by atoms with van der Waals surface area (Å²) in [5.41, 5.74) is 0. The molecule has 0 aromatic rings. The fourth-order valence-corrected chi connectivity index (χ4v) is 1.38. The Bertz CT molecular complexity index is 332. The molecule has 2 unspecified atom stereocenters. The van der Waals surface area contributed by atoms with E-state index in [1.165, 1.54) is 0 Å². The summed E-state index contributed by atoms with van der Waals surface area (Å²) in [6.07, 6.45) is 9.66. The smallest absolute Gasteiger partial charge is 0.511 e. The summed E-state index contributed by atoms with van der Waals surface area (Å²) >= 11 is 0. The molecule has 0 bridgehead atoms. The van der Waals surface area contributed by atoms with Gasteiger partial charge in [-0.3, -0.25) is 0 Å². The zero-order valence-electron chi connectivity index (χ0n) is 18.5. The molecule has 1 radical (unpaired) electrons. The standard InChI is InChI=1S/2C6H11N2.2C4H10O.Mn/c2*1-3-8-5-4-7(2)6-8;2*1-3-4(2)5;/h2*4-6H,3H2,1-2H3;2*4-5H,3H2,1-2H3;/q2*-1;;;+2. The Labute approximate surface area is 179 Å². The van der Waals surface area contributed by atoms with Gasteiger partial charge in [-0.15, -0.1) is 0 Å². The molecule has 7 heteroatoms. The van der Waals surface area contributed by atoms with Gasteiger partial charge >= 0.3 is 17.1 Å². The van der Waals surface area contributed by atoms with Gasteiger partial charge in [0.25, 0.3) is 0 Å². The van der Waals surface area contributed by atoms with Crippen LogP contribution in [0.2, 0.25) is 0 Å². The van der Waals surface area contributed by atoms with E-state index in [4.69, 9.17) is 10.2 Å². The molecule has 2 heterocycles. The first-order valence-electron chi connectivity index (χ1n) is 9.58. The zero-order valence-corrected chi connectivity index (χ0v) is 19.7. The van der Waals surface area contributed by atoms with Crippen molar-refractivity contribution in [1.82, 2.24) is 19.6 Å². The molecule has 0 spiro atoms. The number of hydrogen-bond donors (Lipinski definition) is 2. The summed E-state index contributed by atoms with van der Waals surface area (Å²) in [4.78, 5) is 8.31. The van der Waals surface area contributed by atoms with Crippen LogP contribution >= 0.6 is 0 Å². The fraction of sp³-hybridized carbons (Fsp3) is 0.700. The Morgan fingerprint density at radius 1 is 0.704 bits per heavy atom. The monoisotopic (exact) mass is 425 g/mol. The maximum absolute atomic E-state index is 8.36. The van der Waals surface area contributed by atoms with Crippen LogP contribution < -0.4 is 0 Å². The molecule has 2 atom stereocenters. The van der Waals surface area contributed by atoms with Gasteiger partial charge in [0.05, 0.1) is 12.2 Å². The van der Waals surface area contributed by atoms with Gasteiger partial charge in [-0.1, -0.05) is 27.7 Å². The molecular formula is C20H42MnN4O2. The number of rotatable bonds is 4. The van der Waals surface area contributed by atoms with E-state index in [9.17, 15) is 0 Å². The molecule has 0 aromatic carbocycles. The van der Waals surface area contributed by atoms with Crippen molar-refractivity contribution in [1.29, 1.82) is 0 Å². The molecule has 2 aliphatic heterocycles. The van der Waals surface area contributed by atoms with Crippen LogP contribution in [0.3, 0.4) is 0 Å². The van der Waals surface area contributed by atoms with E-state index in [0.29, 0.717) is 0 Å². The van der Waals surface area contributed by atoms with E-state index in [2.05, 4.69) is 49.4 Å². The maximum Gasteiger partial charge on any atom is 2.00 e. The van der Waals surface area contributed by atoms with Crippen molar-refractivity contribution in [3.63, 3.8) is 0 Å². The van der Waals surface area contributed by atoms with E-state index in [-0.39, 0.29) is 29.3 Å². The number of hydrogen-bond acceptors (Lipinski definition) is 6. The van der Waals surface area contributed by atoms with E-state index in [1.54, 1.807) is 13.8 Å². The molecule has 2 rings (SSSR count). The second-order valence-corrected chi connectivity index (χ2v) is 6.33. The van der Waals surface area contributed by atoms with Gasteiger partial charge in [0.1, 0.15) is 0 Å². The van der Waals surface area contributed by atoms with Crippen molar-refractivity contribution in [3.8, 4) is 0 Å². The minimum atomic E-state index is -0.116. The van der Waals surface area contributed by atoms with Crippen molar-refractivity contribution < 1.29 is 27.3 Å². The van der Waals surface area contributed by atoms with E-state index < -0.39 is 0 Å². The van der Waals surface area contributed by atoms with Gasteiger partial charge < -0.3 is 29.8 Å². The van der Waals surface area contributed by atoms with Crippen LogP contribution in [0.4, 0.5) is 0 Å².